The van der Waals surface area contributed by atoms with Crippen LogP contribution in [0.1, 0.15) is 39.2 Å². The largest absolute Gasteiger partial charge is 0.481 e. The minimum absolute atomic E-state index is 0.833. The van der Waals surface area contributed by atoms with Crippen molar-refractivity contribution in [3.63, 3.8) is 0 Å². The number of carboxylic acids is 2. The molecule has 0 unspecified atom stereocenters. The van der Waals surface area contributed by atoms with E-state index >= 15 is 0 Å². The summed E-state index contributed by atoms with van der Waals surface area (Å²) in [7, 11) is 0. The van der Waals surface area contributed by atoms with Crippen LogP contribution in [0.3, 0.4) is 0 Å². The van der Waals surface area contributed by atoms with Gasteiger partial charge < -0.3 is 15.9 Å². The smallest absolute Gasteiger partial charge is 0.300 e. The highest BCUT2D eigenvalue weighted by Gasteiger charge is 1.90. The fourth-order valence-corrected chi connectivity index (χ4v) is 1.07. The zero-order valence-corrected chi connectivity index (χ0v) is 11.7. The van der Waals surface area contributed by atoms with Crippen LogP contribution in [0.15, 0.2) is 24.3 Å². The van der Waals surface area contributed by atoms with Crippen molar-refractivity contribution < 1.29 is 19.8 Å². The number of unbranched alkanes of at least 4 members (excludes halogenated alkanes) is 1. The van der Waals surface area contributed by atoms with E-state index in [2.05, 4.69) is 19.1 Å². The number of aryl methyl sites for hydroxylation is 1. The van der Waals surface area contributed by atoms with E-state index in [0.717, 1.165) is 19.5 Å². The first-order chi connectivity index (χ1) is 8.79. The third-order valence-corrected chi connectivity index (χ3v) is 1.80. The van der Waals surface area contributed by atoms with Crippen molar-refractivity contribution in [2.24, 2.45) is 0 Å². The zero-order valence-electron chi connectivity index (χ0n) is 11.7. The van der Waals surface area contributed by atoms with Gasteiger partial charge in [-0.3, -0.25) is 9.59 Å². The maximum atomic E-state index is 9.00. The molecule has 0 fully saturated rings. The molecule has 1 aromatic rings. The Bertz CT molecular complexity index is 340. The van der Waals surface area contributed by atoms with Crippen LogP contribution in [-0.2, 0) is 16.0 Å². The Morgan fingerprint density at radius 1 is 1.05 bits per heavy atom. The fourth-order valence-electron chi connectivity index (χ4n) is 1.07. The third-order valence-electron chi connectivity index (χ3n) is 1.80. The minimum atomic E-state index is -0.833. The molecule has 108 valence electrons. The van der Waals surface area contributed by atoms with Gasteiger partial charge in [-0.05, 0) is 30.5 Å². The van der Waals surface area contributed by atoms with E-state index in [0.29, 0.717) is 0 Å². The molecule has 0 atom stereocenters. The first-order valence-corrected chi connectivity index (χ1v) is 6.03. The molecule has 0 saturated heterocycles. The van der Waals surface area contributed by atoms with E-state index in [1.54, 1.807) is 0 Å². The van der Waals surface area contributed by atoms with Crippen molar-refractivity contribution in [2.45, 2.75) is 40.0 Å². The number of carbonyl (C=O) groups is 2. The predicted molar refractivity (Wildman–Crippen MR) is 76.1 cm³/mol. The van der Waals surface area contributed by atoms with E-state index in [1.165, 1.54) is 24.8 Å². The molecule has 1 rings (SSSR count). The standard InChI is InChI=1S/C10H15N.2C2H4O2/c1-2-3-4-9-5-7-10(11)8-6-9;2*1-2(3)4/h5-8H,2-4,11H2,1H3;2*1H3,(H,3,4). The Morgan fingerprint density at radius 3 is 1.74 bits per heavy atom. The molecule has 1 aromatic carbocycles. The Labute approximate surface area is 114 Å². The van der Waals surface area contributed by atoms with Crippen molar-refractivity contribution in [3.05, 3.63) is 29.8 Å². The topological polar surface area (TPSA) is 101 Å². The summed E-state index contributed by atoms with van der Waals surface area (Å²) in [6.45, 7) is 4.37. The second kappa shape index (κ2) is 12.4. The summed E-state index contributed by atoms with van der Waals surface area (Å²) in [6.07, 6.45) is 3.70. The lowest BCUT2D eigenvalue weighted by atomic mass is 10.1. The van der Waals surface area contributed by atoms with E-state index in [-0.39, 0.29) is 0 Å². The molecule has 0 spiro atoms. The van der Waals surface area contributed by atoms with Gasteiger partial charge in [-0.25, -0.2) is 0 Å². The predicted octanol–water partition coefficient (Wildman–Crippen LogP) is 2.79. The van der Waals surface area contributed by atoms with Crippen LogP contribution in [-0.4, -0.2) is 22.2 Å². The van der Waals surface area contributed by atoms with Gasteiger partial charge >= 0.3 is 0 Å². The van der Waals surface area contributed by atoms with Gasteiger partial charge in [0.2, 0.25) is 0 Å². The van der Waals surface area contributed by atoms with Crippen molar-refractivity contribution in [1.29, 1.82) is 0 Å². The molecule has 0 aliphatic carbocycles. The maximum Gasteiger partial charge on any atom is 0.300 e. The minimum Gasteiger partial charge on any atom is -0.481 e. The molecule has 0 aliphatic rings. The summed E-state index contributed by atoms with van der Waals surface area (Å²) < 4.78 is 0. The molecule has 0 saturated carbocycles. The fraction of sp³-hybridized carbons (Fsp3) is 0.429. The van der Waals surface area contributed by atoms with Crippen LogP contribution in [0.5, 0.6) is 0 Å². The molecule has 5 nitrogen and oxygen atoms in total. The van der Waals surface area contributed by atoms with Crippen LogP contribution < -0.4 is 5.73 Å². The van der Waals surface area contributed by atoms with E-state index in [4.69, 9.17) is 25.5 Å². The van der Waals surface area contributed by atoms with Gasteiger partial charge in [-0.1, -0.05) is 25.5 Å². The number of nitrogen functional groups attached to an aromatic ring is 1. The Hall–Kier alpha value is -2.04. The van der Waals surface area contributed by atoms with Crippen molar-refractivity contribution >= 4 is 17.6 Å². The summed E-state index contributed by atoms with van der Waals surface area (Å²) in [5.74, 6) is -1.67. The molecule has 0 aromatic heterocycles. The number of aliphatic carboxylic acids is 2. The summed E-state index contributed by atoms with van der Waals surface area (Å²) in [6, 6.07) is 8.13. The maximum absolute atomic E-state index is 9.00. The van der Waals surface area contributed by atoms with Crippen molar-refractivity contribution in [2.75, 3.05) is 5.73 Å². The number of benzene rings is 1. The second-order valence-electron chi connectivity index (χ2n) is 3.88. The second-order valence-corrected chi connectivity index (χ2v) is 3.88. The molecule has 5 heteroatoms. The van der Waals surface area contributed by atoms with Gasteiger partial charge in [0.1, 0.15) is 0 Å². The molecule has 0 aliphatic heterocycles. The molecule has 0 radical (unpaired) electrons. The lowest BCUT2D eigenvalue weighted by Crippen LogP contribution is -1.87. The summed E-state index contributed by atoms with van der Waals surface area (Å²) in [5, 5.41) is 14.8. The molecular formula is C14H23NO4. The van der Waals surface area contributed by atoms with Crippen LogP contribution in [0.2, 0.25) is 0 Å². The summed E-state index contributed by atoms with van der Waals surface area (Å²) in [4.78, 5) is 18.0. The Morgan fingerprint density at radius 2 is 1.42 bits per heavy atom. The quantitative estimate of drug-likeness (QED) is 0.732. The third kappa shape index (κ3) is 21.7. The van der Waals surface area contributed by atoms with Gasteiger partial charge in [0.05, 0.1) is 0 Å². The average Bonchev–Trinajstić information content (AvgIpc) is 2.27. The normalized spacial score (nSPS) is 8.37. The molecule has 0 amide bonds. The SMILES string of the molecule is CC(=O)O.CC(=O)O.CCCCc1ccc(N)cc1. The van der Waals surface area contributed by atoms with E-state index < -0.39 is 11.9 Å². The van der Waals surface area contributed by atoms with Gasteiger partial charge in [0.25, 0.3) is 11.9 Å². The monoisotopic (exact) mass is 269 g/mol. The molecule has 4 N–H and O–H groups in total. The number of carboxylic acid groups (broad SMARTS) is 2. The summed E-state index contributed by atoms with van der Waals surface area (Å²) in [5.41, 5.74) is 7.80. The number of nitrogens with two attached hydrogens (primary N) is 1. The lowest BCUT2D eigenvalue weighted by Gasteiger charge is -1.99. The summed E-state index contributed by atoms with van der Waals surface area (Å²) >= 11 is 0. The number of hydrogen-bond acceptors (Lipinski definition) is 3. The first-order valence-electron chi connectivity index (χ1n) is 6.03. The van der Waals surface area contributed by atoms with Crippen LogP contribution in [0.25, 0.3) is 0 Å². The first kappa shape index (κ1) is 19.3. The highest BCUT2D eigenvalue weighted by Crippen LogP contribution is 2.08. The Balaban J connectivity index is 0. The highest BCUT2D eigenvalue weighted by molar-refractivity contribution is 5.63. The van der Waals surface area contributed by atoms with Crippen molar-refractivity contribution in [1.82, 2.24) is 0 Å². The average molecular weight is 269 g/mol. The zero-order chi connectivity index (χ0) is 15.3. The molecule has 19 heavy (non-hydrogen) atoms. The highest BCUT2D eigenvalue weighted by atomic mass is 16.4. The van der Waals surface area contributed by atoms with E-state index in [1.807, 2.05) is 12.1 Å². The van der Waals surface area contributed by atoms with E-state index in [9.17, 15) is 0 Å². The number of rotatable bonds is 3. The van der Waals surface area contributed by atoms with Crippen LogP contribution in [0, 0.1) is 0 Å². The molecule has 0 heterocycles. The molecular weight excluding hydrogens is 246 g/mol. The number of anilines is 1. The van der Waals surface area contributed by atoms with Gasteiger partial charge in [-0.15, -0.1) is 0 Å². The van der Waals surface area contributed by atoms with Gasteiger partial charge in [0, 0.05) is 19.5 Å². The van der Waals surface area contributed by atoms with Crippen LogP contribution in [0.4, 0.5) is 5.69 Å². The van der Waals surface area contributed by atoms with Crippen LogP contribution >= 0.6 is 0 Å². The van der Waals surface area contributed by atoms with Gasteiger partial charge in [-0.2, -0.15) is 0 Å². The number of hydrogen-bond donors (Lipinski definition) is 3. The lowest BCUT2D eigenvalue weighted by molar-refractivity contribution is -0.135. The van der Waals surface area contributed by atoms with Crippen molar-refractivity contribution in [3.8, 4) is 0 Å². The Kier molecular flexibility index (Phi) is 12.6. The molecule has 0 bridgehead atoms. The van der Waals surface area contributed by atoms with Gasteiger partial charge in [0.15, 0.2) is 0 Å².